The number of nitrogens with zero attached hydrogens (tertiary/aromatic N) is 1. The Morgan fingerprint density at radius 2 is 1.73 bits per heavy atom. The van der Waals surface area contributed by atoms with Gasteiger partial charge in [-0.25, -0.2) is 0 Å². The van der Waals surface area contributed by atoms with Crippen LogP contribution in [0, 0.1) is 0 Å². The minimum absolute atomic E-state index is 0.0469. The van der Waals surface area contributed by atoms with Crippen LogP contribution in [0.4, 0.5) is 5.69 Å². The van der Waals surface area contributed by atoms with Gasteiger partial charge in [0.25, 0.3) is 0 Å². The van der Waals surface area contributed by atoms with Crippen molar-refractivity contribution in [2.45, 2.75) is 32.9 Å². The number of ether oxygens (including phenoxy) is 2. The first-order valence-corrected chi connectivity index (χ1v) is 9.05. The van der Waals surface area contributed by atoms with Crippen LogP contribution in [0.5, 0.6) is 11.5 Å². The average molecular weight is 354 g/mol. The molecule has 0 unspecified atom stereocenters. The zero-order valence-corrected chi connectivity index (χ0v) is 15.6. The first-order valence-electron chi connectivity index (χ1n) is 9.05. The number of nitrogens with one attached hydrogen (secondary N) is 1. The van der Waals surface area contributed by atoms with E-state index in [1.165, 1.54) is 11.1 Å². The molecule has 1 aliphatic rings. The Labute approximate surface area is 154 Å². The summed E-state index contributed by atoms with van der Waals surface area (Å²) in [4.78, 5) is 14.6. The SMILES string of the molecule is CCc1ccc(CN(C)[C@@H](C)C(=O)Nc2ccc3c(c2)OCCO3)cc1. The van der Waals surface area contributed by atoms with Gasteiger partial charge in [-0.1, -0.05) is 31.2 Å². The number of aryl methyl sites for hydroxylation is 1. The van der Waals surface area contributed by atoms with Crippen LogP contribution in [0.15, 0.2) is 42.5 Å². The van der Waals surface area contributed by atoms with E-state index in [1.54, 1.807) is 0 Å². The smallest absolute Gasteiger partial charge is 0.241 e. The molecular formula is C21H26N2O3. The highest BCUT2D eigenvalue weighted by Crippen LogP contribution is 2.32. The van der Waals surface area contributed by atoms with Gasteiger partial charge in [0, 0.05) is 18.3 Å². The van der Waals surface area contributed by atoms with E-state index in [0.717, 1.165) is 18.7 Å². The molecule has 1 heterocycles. The summed E-state index contributed by atoms with van der Waals surface area (Å²) in [5.41, 5.74) is 3.23. The van der Waals surface area contributed by atoms with Gasteiger partial charge in [-0.2, -0.15) is 0 Å². The zero-order chi connectivity index (χ0) is 18.5. The number of fused-ring (bicyclic) bond motifs is 1. The highest BCUT2D eigenvalue weighted by molar-refractivity contribution is 5.94. The summed E-state index contributed by atoms with van der Waals surface area (Å²) in [5, 5.41) is 2.96. The molecule has 5 nitrogen and oxygen atoms in total. The normalized spacial score (nSPS) is 14.2. The highest BCUT2D eigenvalue weighted by Gasteiger charge is 2.19. The lowest BCUT2D eigenvalue weighted by Crippen LogP contribution is -2.39. The third kappa shape index (κ3) is 4.35. The van der Waals surface area contributed by atoms with E-state index in [1.807, 2.05) is 37.1 Å². The van der Waals surface area contributed by atoms with Crippen LogP contribution in [0.2, 0.25) is 0 Å². The Balaban J connectivity index is 1.59. The molecule has 1 amide bonds. The summed E-state index contributed by atoms with van der Waals surface area (Å²) in [7, 11) is 1.96. The fourth-order valence-corrected chi connectivity index (χ4v) is 2.87. The van der Waals surface area contributed by atoms with E-state index in [-0.39, 0.29) is 11.9 Å². The lowest BCUT2D eigenvalue weighted by molar-refractivity contribution is -0.120. The van der Waals surface area contributed by atoms with Crippen LogP contribution >= 0.6 is 0 Å². The van der Waals surface area contributed by atoms with Crippen molar-refractivity contribution in [3.05, 3.63) is 53.6 Å². The van der Waals surface area contributed by atoms with Gasteiger partial charge in [0.05, 0.1) is 6.04 Å². The van der Waals surface area contributed by atoms with E-state index in [4.69, 9.17) is 9.47 Å². The molecule has 0 aliphatic carbocycles. The third-order valence-corrected chi connectivity index (χ3v) is 4.71. The molecule has 0 radical (unpaired) electrons. The largest absolute Gasteiger partial charge is 0.486 e. The second-order valence-electron chi connectivity index (χ2n) is 6.61. The van der Waals surface area contributed by atoms with Crippen molar-refractivity contribution in [2.24, 2.45) is 0 Å². The highest BCUT2D eigenvalue weighted by atomic mass is 16.6. The fraction of sp³-hybridized carbons (Fsp3) is 0.381. The van der Waals surface area contributed by atoms with Gasteiger partial charge in [-0.3, -0.25) is 9.69 Å². The molecule has 0 fully saturated rings. The van der Waals surface area contributed by atoms with Gasteiger partial charge in [-0.05, 0) is 43.7 Å². The molecule has 0 saturated heterocycles. The maximum atomic E-state index is 12.6. The average Bonchev–Trinajstić information content (AvgIpc) is 2.67. The van der Waals surface area contributed by atoms with Crippen LogP contribution in [0.3, 0.4) is 0 Å². The summed E-state index contributed by atoms with van der Waals surface area (Å²) in [6.07, 6.45) is 1.03. The number of hydrogen-bond acceptors (Lipinski definition) is 4. The number of benzene rings is 2. The summed E-state index contributed by atoms with van der Waals surface area (Å²) < 4.78 is 11.1. The number of carbonyl (C=O) groups excluding carboxylic acids is 1. The summed E-state index contributed by atoms with van der Waals surface area (Å²) in [5.74, 6) is 1.34. The number of amides is 1. The fourth-order valence-electron chi connectivity index (χ4n) is 2.87. The van der Waals surface area contributed by atoms with Crippen molar-refractivity contribution in [1.82, 2.24) is 4.90 Å². The van der Waals surface area contributed by atoms with Crippen molar-refractivity contribution in [2.75, 3.05) is 25.6 Å². The molecular weight excluding hydrogens is 328 g/mol. The number of rotatable bonds is 6. The van der Waals surface area contributed by atoms with Crippen LogP contribution < -0.4 is 14.8 Å². The summed E-state index contributed by atoms with van der Waals surface area (Å²) in [6, 6.07) is 13.8. The van der Waals surface area contributed by atoms with Crippen LogP contribution in [-0.2, 0) is 17.8 Å². The zero-order valence-electron chi connectivity index (χ0n) is 15.6. The lowest BCUT2D eigenvalue weighted by atomic mass is 10.1. The van der Waals surface area contributed by atoms with Gasteiger partial charge in [0.2, 0.25) is 5.91 Å². The molecule has 1 aliphatic heterocycles. The Kier molecular flexibility index (Phi) is 5.78. The molecule has 0 bridgehead atoms. The Bertz CT molecular complexity index is 758. The third-order valence-electron chi connectivity index (χ3n) is 4.71. The van der Waals surface area contributed by atoms with E-state index >= 15 is 0 Å². The Morgan fingerprint density at radius 3 is 2.42 bits per heavy atom. The van der Waals surface area contributed by atoms with Crippen molar-refractivity contribution in [1.29, 1.82) is 0 Å². The Morgan fingerprint density at radius 1 is 1.08 bits per heavy atom. The first-order chi connectivity index (χ1) is 12.6. The van der Waals surface area contributed by atoms with Crippen molar-refractivity contribution < 1.29 is 14.3 Å². The predicted molar refractivity (Wildman–Crippen MR) is 103 cm³/mol. The van der Waals surface area contributed by atoms with Crippen LogP contribution in [0.1, 0.15) is 25.0 Å². The molecule has 138 valence electrons. The standard InChI is InChI=1S/C21H26N2O3/c1-4-16-5-7-17(8-6-16)14-23(3)15(2)21(24)22-18-9-10-19-20(13-18)26-12-11-25-19/h5-10,13,15H,4,11-12,14H2,1-3H3,(H,22,24)/t15-/m0/s1. The summed E-state index contributed by atoms with van der Waals surface area (Å²) in [6.45, 7) is 5.86. The van der Waals surface area contributed by atoms with Crippen molar-refractivity contribution >= 4 is 11.6 Å². The van der Waals surface area contributed by atoms with Gasteiger partial charge in [-0.15, -0.1) is 0 Å². The minimum Gasteiger partial charge on any atom is -0.486 e. The van der Waals surface area contributed by atoms with E-state index in [9.17, 15) is 4.79 Å². The maximum Gasteiger partial charge on any atom is 0.241 e. The van der Waals surface area contributed by atoms with Crippen LogP contribution in [0.25, 0.3) is 0 Å². The molecule has 0 saturated carbocycles. The lowest BCUT2D eigenvalue weighted by Gasteiger charge is -2.24. The topological polar surface area (TPSA) is 50.8 Å². The van der Waals surface area contributed by atoms with Gasteiger partial charge < -0.3 is 14.8 Å². The predicted octanol–water partition coefficient (Wildman–Crippen LogP) is 3.48. The second-order valence-corrected chi connectivity index (χ2v) is 6.61. The van der Waals surface area contributed by atoms with E-state index in [0.29, 0.717) is 24.7 Å². The van der Waals surface area contributed by atoms with Gasteiger partial charge in [0.1, 0.15) is 13.2 Å². The van der Waals surface area contributed by atoms with Gasteiger partial charge in [0.15, 0.2) is 11.5 Å². The molecule has 1 atom stereocenters. The number of carbonyl (C=O) groups is 1. The van der Waals surface area contributed by atoms with Gasteiger partial charge >= 0.3 is 0 Å². The first kappa shape index (κ1) is 18.3. The van der Waals surface area contributed by atoms with E-state index in [2.05, 4.69) is 36.5 Å². The maximum absolute atomic E-state index is 12.6. The monoisotopic (exact) mass is 354 g/mol. The van der Waals surface area contributed by atoms with Crippen molar-refractivity contribution in [3.8, 4) is 11.5 Å². The summed E-state index contributed by atoms with van der Waals surface area (Å²) >= 11 is 0. The molecule has 2 aromatic carbocycles. The minimum atomic E-state index is -0.256. The number of hydrogen-bond donors (Lipinski definition) is 1. The molecule has 2 aromatic rings. The van der Waals surface area contributed by atoms with E-state index < -0.39 is 0 Å². The molecule has 5 heteroatoms. The Hall–Kier alpha value is -2.53. The van der Waals surface area contributed by atoms with Crippen molar-refractivity contribution in [3.63, 3.8) is 0 Å². The molecule has 0 spiro atoms. The molecule has 26 heavy (non-hydrogen) atoms. The second kappa shape index (κ2) is 8.23. The molecule has 0 aromatic heterocycles. The quantitative estimate of drug-likeness (QED) is 0.863. The number of likely N-dealkylation sites (N-methyl/N-ethyl adjacent to an activating group) is 1. The molecule has 1 N–H and O–H groups in total. The van der Waals surface area contributed by atoms with Crippen LogP contribution in [-0.4, -0.2) is 37.1 Å². The molecule has 3 rings (SSSR count). The number of anilines is 1.